The first kappa shape index (κ1) is 20.3. The molecule has 0 unspecified atom stereocenters. The standard InChI is InChI=1S/C20H21F3N4O3/c1-11-6-15-17(14-5-4-13(29-3)7-16(14)30-20(21,22)23)25-26-18(27(15)10-11)24-12-8-19(2,28)9-12/h4-7,10,12,28H,8-9H2,1-3H3,(H,24,26)/t12-,19+. The molecule has 10 heteroatoms. The van der Waals surface area contributed by atoms with Crippen molar-refractivity contribution in [2.45, 2.75) is 44.7 Å². The van der Waals surface area contributed by atoms with Crippen LogP contribution in [0.15, 0.2) is 30.5 Å². The predicted octanol–water partition coefficient (Wildman–Crippen LogP) is 3.94. The van der Waals surface area contributed by atoms with Crippen LogP contribution in [0.5, 0.6) is 11.5 Å². The highest BCUT2D eigenvalue weighted by Crippen LogP contribution is 2.39. The van der Waals surface area contributed by atoms with Crippen molar-refractivity contribution in [2.24, 2.45) is 0 Å². The maximum Gasteiger partial charge on any atom is 0.573 e. The lowest BCUT2D eigenvalue weighted by atomic mass is 9.77. The molecule has 0 bridgehead atoms. The van der Waals surface area contributed by atoms with Crippen LogP contribution in [0.25, 0.3) is 16.8 Å². The summed E-state index contributed by atoms with van der Waals surface area (Å²) in [6.07, 6.45) is -1.91. The number of ether oxygens (including phenoxy) is 2. The molecule has 0 aliphatic heterocycles. The van der Waals surface area contributed by atoms with Gasteiger partial charge in [-0.05, 0) is 50.5 Å². The zero-order chi connectivity index (χ0) is 21.7. The Kier molecular flexibility index (Phi) is 4.76. The molecule has 7 nitrogen and oxygen atoms in total. The second-order valence-corrected chi connectivity index (χ2v) is 7.80. The van der Waals surface area contributed by atoms with Gasteiger partial charge in [-0.1, -0.05) is 0 Å². The quantitative estimate of drug-likeness (QED) is 0.648. The summed E-state index contributed by atoms with van der Waals surface area (Å²) < 4.78 is 49.9. The van der Waals surface area contributed by atoms with Gasteiger partial charge in [0.1, 0.15) is 17.2 Å². The van der Waals surface area contributed by atoms with Crippen molar-refractivity contribution in [1.82, 2.24) is 14.6 Å². The molecule has 0 radical (unpaired) electrons. The van der Waals surface area contributed by atoms with E-state index in [2.05, 4.69) is 20.3 Å². The van der Waals surface area contributed by atoms with Gasteiger partial charge in [-0.15, -0.1) is 23.4 Å². The van der Waals surface area contributed by atoms with Crippen LogP contribution >= 0.6 is 0 Å². The number of fused-ring (bicyclic) bond motifs is 1. The van der Waals surface area contributed by atoms with Gasteiger partial charge in [0.25, 0.3) is 0 Å². The molecule has 0 atom stereocenters. The molecule has 2 N–H and O–H groups in total. The third-order valence-electron chi connectivity index (χ3n) is 5.05. The van der Waals surface area contributed by atoms with Crippen LogP contribution in [0, 0.1) is 6.92 Å². The molecule has 4 rings (SSSR count). The van der Waals surface area contributed by atoms with Crippen LogP contribution in [0.3, 0.4) is 0 Å². The van der Waals surface area contributed by atoms with Crippen LogP contribution in [-0.4, -0.2) is 44.8 Å². The lowest BCUT2D eigenvalue weighted by molar-refractivity contribution is -0.274. The first-order chi connectivity index (χ1) is 14.0. The monoisotopic (exact) mass is 422 g/mol. The van der Waals surface area contributed by atoms with Crippen molar-refractivity contribution in [2.75, 3.05) is 12.4 Å². The van der Waals surface area contributed by atoms with Crippen molar-refractivity contribution in [3.8, 4) is 22.8 Å². The van der Waals surface area contributed by atoms with Gasteiger partial charge in [-0.3, -0.25) is 4.40 Å². The Hall–Kier alpha value is -3.01. The summed E-state index contributed by atoms with van der Waals surface area (Å²) in [5, 5.41) is 21.6. The zero-order valence-electron chi connectivity index (χ0n) is 16.6. The number of benzene rings is 1. The Balaban J connectivity index is 1.78. The number of aryl methyl sites for hydroxylation is 1. The van der Waals surface area contributed by atoms with E-state index in [1.807, 2.05) is 19.2 Å². The van der Waals surface area contributed by atoms with Crippen LogP contribution in [-0.2, 0) is 0 Å². The van der Waals surface area contributed by atoms with E-state index in [0.29, 0.717) is 24.3 Å². The summed E-state index contributed by atoms with van der Waals surface area (Å²) in [6, 6.07) is 6.02. The molecular formula is C20H21F3N4O3. The van der Waals surface area contributed by atoms with E-state index in [4.69, 9.17) is 4.74 Å². The maximum absolute atomic E-state index is 13.0. The number of anilines is 1. The third kappa shape index (κ3) is 4.00. The second kappa shape index (κ2) is 7.05. The number of nitrogens with zero attached hydrogens (tertiary/aromatic N) is 3. The minimum atomic E-state index is -4.87. The smallest absolute Gasteiger partial charge is 0.497 e. The van der Waals surface area contributed by atoms with Gasteiger partial charge in [0, 0.05) is 23.9 Å². The Labute approximate surface area is 170 Å². The summed E-state index contributed by atoms with van der Waals surface area (Å²) >= 11 is 0. The lowest BCUT2D eigenvalue weighted by Crippen LogP contribution is -2.48. The third-order valence-corrected chi connectivity index (χ3v) is 5.05. The summed E-state index contributed by atoms with van der Waals surface area (Å²) in [5.41, 5.74) is 1.15. The number of alkyl halides is 3. The summed E-state index contributed by atoms with van der Waals surface area (Å²) in [7, 11) is 1.36. The number of hydrogen-bond donors (Lipinski definition) is 2. The molecule has 0 amide bonds. The Bertz CT molecular complexity index is 1090. The number of nitrogens with one attached hydrogen (secondary N) is 1. The Morgan fingerprint density at radius 2 is 1.97 bits per heavy atom. The summed E-state index contributed by atoms with van der Waals surface area (Å²) in [6.45, 7) is 3.64. The van der Waals surface area contributed by atoms with Gasteiger partial charge in [-0.2, -0.15) is 0 Å². The Morgan fingerprint density at radius 3 is 2.60 bits per heavy atom. The maximum atomic E-state index is 13.0. The molecule has 1 aliphatic rings. The molecule has 2 heterocycles. The molecule has 1 saturated carbocycles. The molecule has 0 saturated heterocycles. The fourth-order valence-electron chi connectivity index (χ4n) is 3.76. The molecular weight excluding hydrogens is 401 g/mol. The normalized spacial score (nSPS) is 21.4. The van der Waals surface area contributed by atoms with Gasteiger partial charge in [0.2, 0.25) is 5.95 Å². The lowest BCUT2D eigenvalue weighted by Gasteiger charge is -2.41. The van der Waals surface area contributed by atoms with Crippen LogP contribution in [0.2, 0.25) is 0 Å². The van der Waals surface area contributed by atoms with Crippen molar-refractivity contribution in [1.29, 1.82) is 0 Å². The van der Waals surface area contributed by atoms with Gasteiger partial charge in [0.15, 0.2) is 0 Å². The number of rotatable bonds is 5. The van der Waals surface area contributed by atoms with E-state index in [1.165, 1.54) is 25.3 Å². The molecule has 160 valence electrons. The highest BCUT2D eigenvalue weighted by atomic mass is 19.4. The Morgan fingerprint density at radius 1 is 1.23 bits per heavy atom. The van der Waals surface area contributed by atoms with E-state index in [9.17, 15) is 18.3 Å². The van der Waals surface area contributed by atoms with Gasteiger partial charge >= 0.3 is 6.36 Å². The average molecular weight is 422 g/mol. The minimum Gasteiger partial charge on any atom is -0.497 e. The number of hydrogen-bond acceptors (Lipinski definition) is 6. The van der Waals surface area contributed by atoms with E-state index < -0.39 is 17.7 Å². The molecule has 30 heavy (non-hydrogen) atoms. The average Bonchev–Trinajstić information content (AvgIpc) is 3.01. The van der Waals surface area contributed by atoms with Crippen molar-refractivity contribution >= 4 is 11.5 Å². The predicted molar refractivity (Wildman–Crippen MR) is 104 cm³/mol. The topological polar surface area (TPSA) is 80.9 Å². The van der Waals surface area contributed by atoms with Crippen LogP contribution in [0.4, 0.5) is 19.1 Å². The molecule has 1 fully saturated rings. The first-order valence-electron chi connectivity index (χ1n) is 9.33. The molecule has 2 aromatic heterocycles. The van der Waals surface area contributed by atoms with Crippen molar-refractivity contribution < 1.29 is 27.8 Å². The molecule has 1 aromatic carbocycles. The largest absolute Gasteiger partial charge is 0.573 e. The first-order valence-corrected chi connectivity index (χ1v) is 9.33. The summed E-state index contributed by atoms with van der Waals surface area (Å²) in [5.74, 6) is 0.255. The fraction of sp³-hybridized carbons (Fsp3) is 0.400. The van der Waals surface area contributed by atoms with E-state index in [-0.39, 0.29) is 23.0 Å². The SMILES string of the molecule is COc1ccc(-c2nnc(N[C@H]3C[C@@](C)(O)C3)n3cc(C)cc23)c(OC(F)(F)F)c1. The molecule has 3 aromatic rings. The summed E-state index contributed by atoms with van der Waals surface area (Å²) in [4.78, 5) is 0. The molecule has 1 aliphatic carbocycles. The van der Waals surface area contributed by atoms with Gasteiger partial charge in [0.05, 0.1) is 18.2 Å². The highest BCUT2D eigenvalue weighted by molar-refractivity contribution is 5.82. The molecule has 0 spiro atoms. The fourth-order valence-corrected chi connectivity index (χ4v) is 3.76. The number of aliphatic hydroxyl groups is 1. The number of halogens is 3. The van der Waals surface area contributed by atoms with Gasteiger partial charge in [-0.25, -0.2) is 0 Å². The zero-order valence-corrected chi connectivity index (χ0v) is 16.6. The number of methoxy groups -OCH3 is 1. The van der Waals surface area contributed by atoms with Crippen molar-refractivity contribution in [3.63, 3.8) is 0 Å². The second-order valence-electron chi connectivity index (χ2n) is 7.80. The minimum absolute atomic E-state index is 0.0381. The van der Waals surface area contributed by atoms with E-state index in [0.717, 1.165) is 5.56 Å². The van der Waals surface area contributed by atoms with Gasteiger partial charge < -0.3 is 19.9 Å². The number of aromatic nitrogens is 3. The van der Waals surface area contributed by atoms with E-state index >= 15 is 0 Å². The van der Waals surface area contributed by atoms with Crippen LogP contribution in [0.1, 0.15) is 25.3 Å². The highest BCUT2D eigenvalue weighted by Gasteiger charge is 2.39. The van der Waals surface area contributed by atoms with E-state index in [1.54, 1.807) is 11.3 Å². The van der Waals surface area contributed by atoms with Crippen LogP contribution < -0.4 is 14.8 Å². The van der Waals surface area contributed by atoms with Crippen molar-refractivity contribution in [3.05, 3.63) is 36.0 Å².